The van der Waals surface area contributed by atoms with Crippen molar-refractivity contribution in [2.75, 3.05) is 25.1 Å². The molecule has 1 aliphatic carbocycles. The number of methoxy groups -OCH3 is 1. The van der Waals surface area contributed by atoms with Crippen molar-refractivity contribution in [1.29, 1.82) is 0 Å². The fourth-order valence-corrected chi connectivity index (χ4v) is 3.31. The van der Waals surface area contributed by atoms with Gasteiger partial charge in [-0.2, -0.15) is 4.39 Å². The van der Waals surface area contributed by atoms with Crippen molar-refractivity contribution in [1.82, 2.24) is 0 Å². The molecule has 2 aliphatic rings. The number of halogens is 1. The lowest BCUT2D eigenvalue weighted by Crippen LogP contribution is -2.21. The van der Waals surface area contributed by atoms with Crippen LogP contribution in [0.4, 0.5) is 15.8 Å². The first-order valence-electron chi connectivity index (χ1n) is 7.02. The first kappa shape index (κ1) is 13.9. The fraction of sp³-hybridized carbons (Fsp3) is 0.467. The summed E-state index contributed by atoms with van der Waals surface area (Å²) in [6, 6.07) is 2.62. The number of hydrogen-bond acceptors (Lipinski definition) is 4. The Morgan fingerprint density at radius 2 is 1.90 bits per heavy atom. The molecule has 3 rings (SSSR count). The van der Waals surface area contributed by atoms with Crippen LogP contribution in [0.2, 0.25) is 0 Å². The molecule has 0 radical (unpaired) electrons. The second-order valence-corrected chi connectivity index (χ2v) is 5.60. The number of allylic oxidation sites excluding steroid dienone is 2. The Morgan fingerprint density at radius 3 is 2.43 bits per heavy atom. The smallest absolute Gasteiger partial charge is 0.328 e. The Balaban J connectivity index is 1.97. The van der Waals surface area contributed by atoms with Gasteiger partial charge in [-0.3, -0.25) is 10.1 Å². The van der Waals surface area contributed by atoms with Crippen LogP contribution in [0, 0.1) is 27.8 Å². The molecule has 1 aromatic carbocycles. The zero-order valence-corrected chi connectivity index (χ0v) is 11.8. The lowest BCUT2D eigenvalue weighted by atomic mass is 9.86. The van der Waals surface area contributed by atoms with E-state index in [0.29, 0.717) is 23.3 Å². The lowest BCUT2D eigenvalue weighted by Gasteiger charge is -2.19. The Hall–Kier alpha value is -2.11. The normalized spacial score (nSPS) is 24.0. The maximum Gasteiger partial charge on any atom is 0.328 e. The molecular formula is C15H17FN2O3. The molecule has 0 bridgehead atoms. The molecule has 0 amide bonds. The van der Waals surface area contributed by atoms with E-state index in [4.69, 9.17) is 4.74 Å². The van der Waals surface area contributed by atoms with Gasteiger partial charge in [0.2, 0.25) is 5.82 Å². The number of nitro groups is 1. The summed E-state index contributed by atoms with van der Waals surface area (Å²) in [5.41, 5.74) is -0.131. The highest BCUT2D eigenvalue weighted by molar-refractivity contribution is 5.67. The molecule has 2 unspecified atom stereocenters. The van der Waals surface area contributed by atoms with Gasteiger partial charge in [0.15, 0.2) is 0 Å². The highest BCUT2D eigenvalue weighted by Crippen LogP contribution is 2.41. The van der Waals surface area contributed by atoms with Crippen molar-refractivity contribution < 1.29 is 14.1 Å². The van der Waals surface area contributed by atoms with Crippen molar-refractivity contribution in [2.45, 2.75) is 12.8 Å². The molecule has 0 saturated carbocycles. The van der Waals surface area contributed by atoms with Gasteiger partial charge in [0.25, 0.3) is 0 Å². The van der Waals surface area contributed by atoms with Gasteiger partial charge < -0.3 is 9.64 Å². The minimum atomic E-state index is -0.845. The molecule has 112 valence electrons. The van der Waals surface area contributed by atoms with Crippen LogP contribution >= 0.6 is 0 Å². The number of rotatable bonds is 3. The molecule has 0 N–H and O–H groups in total. The Kier molecular flexibility index (Phi) is 3.53. The zero-order valence-electron chi connectivity index (χ0n) is 11.8. The second-order valence-electron chi connectivity index (χ2n) is 5.60. The molecule has 1 saturated heterocycles. The van der Waals surface area contributed by atoms with E-state index in [0.717, 1.165) is 32.0 Å². The SMILES string of the molecule is COc1cc(F)c([N+](=O)[O-])c(N2CC3CC=CCC3C2)c1. The number of nitro benzene ring substituents is 1. The van der Waals surface area contributed by atoms with Crippen molar-refractivity contribution in [3.05, 3.63) is 40.2 Å². The van der Waals surface area contributed by atoms with E-state index >= 15 is 0 Å². The lowest BCUT2D eigenvalue weighted by molar-refractivity contribution is -0.386. The number of nitrogens with zero attached hydrogens (tertiary/aromatic N) is 2. The summed E-state index contributed by atoms with van der Waals surface area (Å²) in [7, 11) is 1.43. The minimum absolute atomic E-state index is 0.307. The van der Waals surface area contributed by atoms with E-state index in [9.17, 15) is 14.5 Å². The van der Waals surface area contributed by atoms with Crippen LogP contribution in [0.5, 0.6) is 5.75 Å². The molecule has 1 aromatic rings. The largest absolute Gasteiger partial charge is 0.497 e. The molecule has 6 heteroatoms. The third-order valence-corrected chi connectivity index (χ3v) is 4.40. The topological polar surface area (TPSA) is 55.6 Å². The Morgan fingerprint density at radius 1 is 1.29 bits per heavy atom. The quantitative estimate of drug-likeness (QED) is 0.488. The summed E-state index contributed by atoms with van der Waals surface area (Å²) in [6.45, 7) is 1.45. The van der Waals surface area contributed by atoms with Crippen LogP contribution in [0.25, 0.3) is 0 Å². The molecule has 0 spiro atoms. The van der Waals surface area contributed by atoms with E-state index in [2.05, 4.69) is 12.2 Å². The van der Waals surface area contributed by atoms with Crippen molar-refractivity contribution in [3.63, 3.8) is 0 Å². The monoisotopic (exact) mass is 292 g/mol. The summed E-state index contributed by atoms with van der Waals surface area (Å²) >= 11 is 0. The van der Waals surface area contributed by atoms with E-state index in [1.54, 1.807) is 6.07 Å². The maximum absolute atomic E-state index is 14.0. The number of fused-ring (bicyclic) bond motifs is 1. The molecule has 21 heavy (non-hydrogen) atoms. The third-order valence-electron chi connectivity index (χ3n) is 4.40. The highest BCUT2D eigenvalue weighted by atomic mass is 19.1. The van der Waals surface area contributed by atoms with Gasteiger partial charge >= 0.3 is 5.69 Å². The average Bonchev–Trinajstić information content (AvgIpc) is 2.89. The van der Waals surface area contributed by atoms with Gasteiger partial charge in [-0.25, -0.2) is 0 Å². The Bertz CT molecular complexity index is 587. The van der Waals surface area contributed by atoms with E-state index in [1.165, 1.54) is 7.11 Å². The van der Waals surface area contributed by atoms with Crippen molar-refractivity contribution in [3.8, 4) is 5.75 Å². The van der Waals surface area contributed by atoms with E-state index in [1.807, 2.05) is 4.90 Å². The summed E-state index contributed by atoms with van der Waals surface area (Å²) in [4.78, 5) is 12.5. The number of hydrogen-bond donors (Lipinski definition) is 0. The predicted molar refractivity (Wildman–Crippen MR) is 77.2 cm³/mol. The van der Waals surface area contributed by atoms with Crippen LogP contribution < -0.4 is 9.64 Å². The van der Waals surface area contributed by atoms with E-state index in [-0.39, 0.29) is 0 Å². The summed E-state index contributed by atoms with van der Waals surface area (Å²) < 4.78 is 19.1. The maximum atomic E-state index is 14.0. The van der Waals surface area contributed by atoms with Gasteiger partial charge in [0.1, 0.15) is 11.4 Å². The molecule has 1 fully saturated rings. The van der Waals surface area contributed by atoms with Gasteiger partial charge in [0.05, 0.1) is 12.0 Å². The second kappa shape index (κ2) is 5.35. The first-order chi connectivity index (χ1) is 10.1. The first-order valence-corrected chi connectivity index (χ1v) is 7.02. The highest BCUT2D eigenvalue weighted by Gasteiger charge is 2.36. The number of ether oxygens (including phenoxy) is 1. The Labute approximate surface area is 122 Å². The minimum Gasteiger partial charge on any atom is -0.497 e. The standard InChI is InChI=1S/C15H17FN2O3/c1-21-12-6-13(16)15(18(19)20)14(7-12)17-8-10-4-2-3-5-11(10)9-17/h2-3,6-7,10-11H,4-5,8-9H2,1H3. The van der Waals surface area contributed by atoms with Crippen LogP contribution in [-0.4, -0.2) is 25.1 Å². The number of benzene rings is 1. The summed E-state index contributed by atoms with van der Waals surface area (Å²) in [6.07, 6.45) is 6.29. The van der Waals surface area contributed by atoms with Crippen LogP contribution in [0.1, 0.15) is 12.8 Å². The van der Waals surface area contributed by atoms with Gasteiger partial charge in [-0.1, -0.05) is 12.2 Å². The fourth-order valence-electron chi connectivity index (χ4n) is 3.31. The average molecular weight is 292 g/mol. The third kappa shape index (κ3) is 2.46. The van der Waals surface area contributed by atoms with Crippen LogP contribution in [-0.2, 0) is 0 Å². The molecule has 0 aromatic heterocycles. The molecule has 5 nitrogen and oxygen atoms in total. The number of anilines is 1. The van der Waals surface area contributed by atoms with Gasteiger partial charge in [-0.15, -0.1) is 0 Å². The van der Waals surface area contributed by atoms with Crippen LogP contribution in [0.15, 0.2) is 24.3 Å². The van der Waals surface area contributed by atoms with Crippen molar-refractivity contribution >= 4 is 11.4 Å². The molecule has 2 atom stereocenters. The van der Waals surface area contributed by atoms with E-state index < -0.39 is 16.4 Å². The van der Waals surface area contributed by atoms with Gasteiger partial charge in [0, 0.05) is 25.2 Å². The summed E-state index contributed by atoms with van der Waals surface area (Å²) in [5, 5.41) is 11.2. The zero-order chi connectivity index (χ0) is 15.0. The molecule has 1 aliphatic heterocycles. The predicted octanol–water partition coefficient (Wildman–Crippen LogP) is 3.14. The molecule has 1 heterocycles. The molecular weight excluding hydrogens is 275 g/mol. The van der Waals surface area contributed by atoms with Gasteiger partial charge in [-0.05, 0) is 24.7 Å². The van der Waals surface area contributed by atoms with Crippen LogP contribution in [0.3, 0.4) is 0 Å². The van der Waals surface area contributed by atoms with Crippen molar-refractivity contribution in [2.24, 2.45) is 11.8 Å². The summed E-state index contributed by atoms with van der Waals surface area (Å²) in [5.74, 6) is 0.441.